The van der Waals surface area contributed by atoms with E-state index < -0.39 is 5.43 Å². The average molecular weight is 354 g/mol. The zero-order valence-corrected chi connectivity index (χ0v) is 14.3. The van der Waals surface area contributed by atoms with Crippen molar-refractivity contribution in [1.29, 1.82) is 0 Å². The molecule has 2 aromatic rings. The number of thiophene rings is 1. The summed E-state index contributed by atoms with van der Waals surface area (Å²) in [5.74, 6) is -0.304. The lowest BCUT2D eigenvalue weighted by Crippen LogP contribution is -2.08. The summed E-state index contributed by atoms with van der Waals surface area (Å²) >= 11 is 6.36. The molecule has 0 bridgehead atoms. The van der Waals surface area contributed by atoms with Crippen LogP contribution in [0, 0.1) is 10.1 Å². The van der Waals surface area contributed by atoms with E-state index in [9.17, 15) is 14.9 Å². The number of carbonyl (C=O) groups excluding carboxylic acids is 1. The summed E-state index contributed by atoms with van der Waals surface area (Å²) < 4.78 is 4.82. The number of hydrogen-bond donors (Lipinski definition) is 0. The first kappa shape index (κ1) is 17.4. The molecule has 1 aromatic heterocycles. The molecule has 0 aliphatic carbocycles. The Morgan fingerprint density at radius 1 is 1.39 bits per heavy atom. The third kappa shape index (κ3) is 3.89. The maximum atomic E-state index is 11.5. The van der Waals surface area contributed by atoms with Crippen molar-refractivity contribution in [2.75, 3.05) is 6.61 Å². The second-order valence-electron chi connectivity index (χ2n) is 5.05. The first-order valence-corrected chi connectivity index (χ1v) is 8.32. The predicted molar refractivity (Wildman–Crippen MR) is 91.4 cm³/mol. The van der Waals surface area contributed by atoms with Crippen LogP contribution in [0.25, 0.3) is 10.4 Å². The van der Waals surface area contributed by atoms with Gasteiger partial charge in [-0.25, -0.2) is 4.79 Å². The highest BCUT2D eigenvalue weighted by Crippen LogP contribution is 2.45. The van der Waals surface area contributed by atoms with Gasteiger partial charge in [0.25, 0.3) is 0 Å². The van der Waals surface area contributed by atoms with E-state index >= 15 is 0 Å². The van der Waals surface area contributed by atoms with E-state index in [2.05, 4.69) is 0 Å². The molecule has 0 saturated heterocycles. The van der Waals surface area contributed by atoms with E-state index in [4.69, 9.17) is 16.3 Å². The molecule has 1 unspecified atom stereocenters. The number of benzene rings is 1. The minimum Gasteiger partial charge on any atom is -0.453 e. The number of ether oxygens (including phenoxy) is 1. The molecule has 2 rings (SSSR count). The number of nitrogens with zero attached hydrogens (tertiary/aromatic N) is 1. The molecular formula is C16H16ClNO4S. The van der Waals surface area contributed by atoms with Crippen LogP contribution in [0.1, 0.15) is 30.9 Å². The van der Waals surface area contributed by atoms with Crippen LogP contribution in [0.2, 0.25) is 0 Å². The molecule has 1 atom stereocenters. The highest BCUT2D eigenvalue weighted by atomic mass is 35.5. The molecule has 23 heavy (non-hydrogen) atoms. The Morgan fingerprint density at radius 2 is 2.04 bits per heavy atom. The van der Waals surface area contributed by atoms with Gasteiger partial charge < -0.3 is 4.74 Å². The lowest BCUT2D eigenvalue weighted by atomic mass is 9.95. The molecular weight excluding hydrogens is 338 g/mol. The van der Waals surface area contributed by atoms with Gasteiger partial charge >= 0.3 is 10.4 Å². The van der Waals surface area contributed by atoms with Crippen LogP contribution in [-0.4, -0.2) is 17.0 Å². The van der Waals surface area contributed by atoms with Gasteiger partial charge in [-0.05, 0) is 17.5 Å². The molecule has 7 heteroatoms. The van der Waals surface area contributed by atoms with E-state index in [1.165, 1.54) is 0 Å². The van der Waals surface area contributed by atoms with E-state index in [0.717, 1.165) is 27.3 Å². The van der Waals surface area contributed by atoms with Crippen molar-refractivity contribution in [3.05, 3.63) is 51.6 Å². The maximum Gasteiger partial charge on any atom is 0.403 e. The molecule has 5 nitrogen and oxygen atoms in total. The van der Waals surface area contributed by atoms with Gasteiger partial charge in [0.05, 0.1) is 17.1 Å². The second kappa shape index (κ2) is 7.57. The van der Waals surface area contributed by atoms with Crippen LogP contribution in [0.3, 0.4) is 0 Å². The number of hydrogen-bond acceptors (Lipinski definition) is 5. The summed E-state index contributed by atoms with van der Waals surface area (Å²) in [6, 6.07) is 9.57. The molecule has 0 fully saturated rings. The zero-order valence-electron chi connectivity index (χ0n) is 12.7. The Bertz CT molecular complexity index is 714. The van der Waals surface area contributed by atoms with Gasteiger partial charge in [0.1, 0.15) is 0 Å². The zero-order chi connectivity index (χ0) is 17.0. The smallest absolute Gasteiger partial charge is 0.403 e. The summed E-state index contributed by atoms with van der Waals surface area (Å²) in [4.78, 5) is 22.8. The van der Waals surface area contributed by atoms with Crippen molar-refractivity contribution in [3.63, 3.8) is 0 Å². The predicted octanol–water partition coefficient (Wildman–Crippen LogP) is 5.36. The summed E-state index contributed by atoms with van der Waals surface area (Å²) in [7, 11) is 0. The van der Waals surface area contributed by atoms with Gasteiger partial charge in [-0.3, -0.25) is 10.1 Å². The standard InChI is InChI=1S/C16H16ClNO4S/c1-3-12-13(10(2)9-22-16(17)19)15(18(20)21)23-14(12)11-7-5-4-6-8-11/h4-8,10H,3,9H2,1-2H3. The topological polar surface area (TPSA) is 69.4 Å². The van der Waals surface area contributed by atoms with E-state index in [0.29, 0.717) is 12.0 Å². The fraction of sp³-hybridized carbons (Fsp3) is 0.312. The maximum absolute atomic E-state index is 11.5. The van der Waals surface area contributed by atoms with E-state index in [1.807, 2.05) is 37.3 Å². The number of rotatable bonds is 6. The van der Waals surface area contributed by atoms with Crippen molar-refractivity contribution in [2.45, 2.75) is 26.2 Å². The minimum atomic E-state index is -0.906. The number of nitro groups is 1. The largest absolute Gasteiger partial charge is 0.453 e. The first-order valence-electron chi connectivity index (χ1n) is 7.13. The van der Waals surface area contributed by atoms with E-state index in [1.54, 1.807) is 6.92 Å². The molecule has 0 N–H and O–H groups in total. The van der Waals surface area contributed by atoms with Crippen LogP contribution >= 0.6 is 22.9 Å². The third-order valence-electron chi connectivity index (χ3n) is 3.52. The molecule has 1 heterocycles. The summed E-state index contributed by atoms with van der Waals surface area (Å²) in [6.07, 6.45) is 0.656. The van der Waals surface area contributed by atoms with Crippen LogP contribution in [0.4, 0.5) is 9.80 Å². The highest BCUT2D eigenvalue weighted by Gasteiger charge is 2.29. The quantitative estimate of drug-likeness (QED) is 0.398. The molecule has 0 saturated carbocycles. The van der Waals surface area contributed by atoms with Gasteiger partial charge in [0.2, 0.25) is 0 Å². The minimum absolute atomic E-state index is 0.0150. The molecule has 122 valence electrons. The van der Waals surface area contributed by atoms with Crippen molar-refractivity contribution in [3.8, 4) is 10.4 Å². The van der Waals surface area contributed by atoms with Gasteiger partial charge in [0.15, 0.2) is 0 Å². The van der Waals surface area contributed by atoms with Crippen molar-refractivity contribution in [2.24, 2.45) is 0 Å². The fourth-order valence-electron chi connectivity index (χ4n) is 2.56. The monoisotopic (exact) mass is 353 g/mol. The SMILES string of the molecule is CCc1c(-c2ccccc2)sc([N+](=O)[O-])c1C(C)COC(=O)Cl. The van der Waals surface area contributed by atoms with Gasteiger partial charge in [-0.2, -0.15) is 0 Å². The number of carbonyl (C=O) groups is 1. The Kier molecular flexibility index (Phi) is 5.74. The molecule has 1 aromatic carbocycles. The summed E-state index contributed by atoms with van der Waals surface area (Å²) in [5.41, 5.74) is 1.59. The van der Waals surface area contributed by atoms with Crippen molar-refractivity contribution in [1.82, 2.24) is 0 Å². The second-order valence-corrected chi connectivity index (χ2v) is 6.36. The Balaban J connectivity index is 2.53. The van der Waals surface area contributed by atoms with Crippen LogP contribution < -0.4 is 0 Å². The Hall–Kier alpha value is -1.92. The lowest BCUT2D eigenvalue weighted by Gasteiger charge is -2.12. The Labute approximate surface area is 143 Å². The Morgan fingerprint density at radius 3 is 2.57 bits per heavy atom. The van der Waals surface area contributed by atoms with Gasteiger partial charge in [-0.15, -0.1) is 0 Å². The highest BCUT2D eigenvalue weighted by molar-refractivity contribution is 7.19. The molecule has 0 amide bonds. The molecule has 0 radical (unpaired) electrons. The van der Waals surface area contributed by atoms with Crippen LogP contribution in [-0.2, 0) is 11.2 Å². The normalized spacial score (nSPS) is 12.0. The van der Waals surface area contributed by atoms with Crippen LogP contribution in [0.5, 0.6) is 0 Å². The number of halogens is 1. The summed E-state index contributed by atoms with van der Waals surface area (Å²) in [6.45, 7) is 3.77. The average Bonchev–Trinajstić information content (AvgIpc) is 2.93. The van der Waals surface area contributed by atoms with Crippen LogP contribution in [0.15, 0.2) is 30.3 Å². The van der Waals surface area contributed by atoms with Gasteiger partial charge in [-0.1, -0.05) is 55.5 Å². The molecule has 0 aliphatic rings. The van der Waals surface area contributed by atoms with Gasteiger partial charge in [0, 0.05) is 22.4 Å². The molecule has 0 aliphatic heterocycles. The van der Waals surface area contributed by atoms with Crippen molar-refractivity contribution < 1.29 is 14.5 Å². The fourth-order valence-corrected chi connectivity index (χ4v) is 3.95. The summed E-state index contributed by atoms with van der Waals surface area (Å²) in [5, 5.41) is 11.6. The molecule has 0 spiro atoms. The third-order valence-corrected chi connectivity index (χ3v) is 4.88. The first-order chi connectivity index (χ1) is 11.0. The van der Waals surface area contributed by atoms with Crippen molar-refractivity contribution >= 4 is 33.4 Å². The lowest BCUT2D eigenvalue weighted by molar-refractivity contribution is -0.381. The van der Waals surface area contributed by atoms with E-state index in [-0.39, 0.29) is 22.4 Å².